The molecule has 0 radical (unpaired) electrons. The first-order valence-corrected chi connectivity index (χ1v) is 13.2. The Labute approximate surface area is 210 Å². The zero-order valence-electron chi connectivity index (χ0n) is 19.3. The quantitative estimate of drug-likeness (QED) is 0.411. The first kappa shape index (κ1) is 26.9. The van der Waals surface area contributed by atoms with Crippen molar-refractivity contribution >= 4 is 33.0 Å². The van der Waals surface area contributed by atoms with Crippen LogP contribution < -0.4 is 5.32 Å². The molecule has 0 aromatic heterocycles. The van der Waals surface area contributed by atoms with Gasteiger partial charge in [0, 0.05) is 23.4 Å². The lowest BCUT2D eigenvalue weighted by molar-refractivity contribution is -0.277. The largest absolute Gasteiger partial charge is 0.391 e. The number of rotatable bonds is 6. The summed E-state index contributed by atoms with van der Waals surface area (Å²) < 4.78 is 67.1. The number of halogens is 4. The van der Waals surface area contributed by atoms with Crippen molar-refractivity contribution in [3.8, 4) is 0 Å². The third-order valence-corrected chi connectivity index (χ3v) is 10.3. The van der Waals surface area contributed by atoms with Crippen molar-refractivity contribution in [2.24, 2.45) is 17.8 Å². The minimum Gasteiger partial charge on any atom is -0.391 e. The van der Waals surface area contributed by atoms with Crippen LogP contribution >= 0.6 is 11.6 Å². The Morgan fingerprint density at radius 3 is 2.19 bits per heavy atom. The Balaban J connectivity index is 1.59. The van der Waals surface area contributed by atoms with Gasteiger partial charge in [0.25, 0.3) is 5.91 Å². The molecular weight excluding hydrogens is 523 g/mol. The predicted octanol–water partition coefficient (Wildman–Crippen LogP) is 3.30. The molecule has 1 amide bonds. The van der Waals surface area contributed by atoms with Crippen LogP contribution in [0.2, 0.25) is 5.02 Å². The Morgan fingerprint density at radius 2 is 1.67 bits per heavy atom. The third-order valence-electron chi connectivity index (χ3n) is 7.60. The van der Waals surface area contributed by atoms with E-state index in [-0.39, 0.29) is 39.9 Å². The molecule has 3 aliphatic carbocycles. The van der Waals surface area contributed by atoms with Gasteiger partial charge in [0.1, 0.15) is 6.10 Å². The van der Waals surface area contributed by atoms with Crippen LogP contribution in [0.25, 0.3) is 0 Å². The highest BCUT2D eigenvalue weighted by atomic mass is 35.5. The van der Waals surface area contributed by atoms with Gasteiger partial charge in [0.2, 0.25) is 0 Å². The summed E-state index contributed by atoms with van der Waals surface area (Å²) in [6.07, 6.45) is -2.60. The number of hydrogen-bond donors (Lipinski definition) is 4. The van der Waals surface area contributed by atoms with Crippen molar-refractivity contribution < 1.29 is 41.7 Å². The summed E-state index contributed by atoms with van der Waals surface area (Å²) in [6, 6.07) is 4.65. The second-order valence-electron chi connectivity index (χ2n) is 9.64. The molecule has 0 spiro atoms. The molecule has 2 unspecified atom stereocenters. The van der Waals surface area contributed by atoms with Crippen LogP contribution in [0.3, 0.4) is 0 Å². The van der Waals surface area contributed by atoms with Gasteiger partial charge in [-0.2, -0.15) is 0 Å². The van der Waals surface area contributed by atoms with E-state index in [4.69, 9.17) is 11.6 Å². The minimum absolute atomic E-state index is 0.0150. The number of carbonyl (C=O) groups is 1. The van der Waals surface area contributed by atoms with Gasteiger partial charge in [-0.1, -0.05) is 18.5 Å². The fraction of sp³-hybridized carbons (Fsp3) is 0.458. The van der Waals surface area contributed by atoms with E-state index in [9.17, 15) is 41.7 Å². The van der Waals surface area contributed by atoms with E-state index in [0.29, 0.717) is 12.1 Å². The van der Waals surface area contributed by atoms with Gasteiger partial charge in [-0.25, -0.2) is 21.6 Å². The summed E-state index contributed by atoms with van der Waals surface area (Å²) in [5, 5.41) is 32.3. The molecular formula is C24H25ClF3NO6S. The molecule has 4 atom stereocenters. The molecule has 7 nitrogen and oxygen atoms in total. The number of anilines is 1. The van der Waals surface area contributed by atoms with Gasteiger partial charge in [-0.3, -0.25) is 4.79 Å². The van der Waals surface area contributed by atoms with E-state index in [1.807, 2.05) is 6.92 Å². The molecule has 2 aromatic rings. The summed E-state index contributed by atoms with van der Waals surface area (Å²) in [6.45, 7) is 3.20. The third kappa shape index (κ3) is 4.20. The molecule has 3 saturated carbocycles. The highest BCUT2D eigenvalue weighted by Crippen LogP contribution is 2.60. The number of carbonyl (C=O) groups excluding carboxylic acids is 1. The number of fused-ring (bicyclic) bond motifs is 2. The highest BCUT2D eigenvalue weighted by Gasteiger charge is 2.67. The van der Waals surface area contributed by atoms with E-state index in [1.165, 1.54) is 19.1 Å². The normalized spacial score (nSPS) is 29.2. The van der Waals surface area contributed by atoms with Gasteiger partial charge >= 0.3 is 0 Å². The van der Waals surface area contributed by atoms with E-state index in [0.717, 1.165) is 6.07 Å². The molecule has 3 aliphatic rings. The van der Waals surface area contributed by atoms with Gasteiger partial charge in [0.15, 0.2) is 27.3 Å². The molecule has 4 N–H and O–H groups in total. The maximum atomic E-state index is 13.5. The smallest absolute Gasteiger partial charge is 0.255 e. The maximum Gasteiger partial charge on any atom is 0.255 e. The Bertz CT molecular complexity index is 1280. The fourth-order valence-electron chi connectivity index (χ4n) is 5.70. The molecule has 0 saturated heterocycles. The molecule has 2 aromatic carbocycles. The Morgan fingerprint density at radius 1 is 1.11 bits per heavy atom. The summed E-state index contributed by atoms with van der Waals surface area (Å²) in [4.78, 5) is 12.3. The molecule has 5 rings (SSSR count). The maximum absolute atomic E-state index is 13.5. The van der Waals surface area contributed by atoms with E-state index in [1.54, 1.807) is 0 Å². The van der Waals surface area contributed by atoms with Crippen LogP contribution in [0.4, 0.5) is 18.9 Å². The number of nitrogens with one attached hydrogen (secondary N) is 1. The number of aliphatic hydroxyl groups is 3. The second-order valence-corrected chi connectivity index (χ2v) is 12.2. The molecule has 196 valence electrons. The first-order valence-electron chi connectivity index (χ1n) is 11.3. The van der Waals surface area contributed by atoms with Crippen molar-refractivity contribution in [2.75, 3.05) is 5.32 Å². The van der Waals surface area contributed by atoms with Crippen LogP contribution in [0.5, 0.6) is 0 Å². The predicted molar refractivity (Wildman–Crippen MR) is 125 cm³/mol. The number of amides is 1. The molecule has 36 heavy (non-hydrogen) atoms. The molecule has 0 aliphatic heterocycles. The first-order chi connectivity index (χ1) is 16.7. The fourth-order valence-corrected chi connectivity index (χ4v) is 8.05. The van der Waals surface area contributed by atoms with Crippen molar-refractivity contribution in [1.82, 2.24) is 0 Å². The number of sulfone groups is 1. The molecule has 0 heterocycles. The second kappa shape index (κ2) is 9.29. The standard InChI is InChI=1S/C24H25ClF3NO6S/c1-10-15-8-14(9-16(10)24(15,33)22(31)11(2)30)36(34,35)20-5-12(3-4-17(20)25)23(32)29-13-6-18(26)21(28)19(27)7-13/h3-7,10-11,14-16,22,30-31,33H,8-9H2,1-2H3,(H,29,32)/t10?,11-,14?,15?,16?,22+,24?/m1/s1. The molecule has 12 heteroatoms. The van der Waals surface area contributed by atoms with Crippen LogP contribution in [0.1, 0.15) is 37.0 Å². The lowest BCUT2D eigenvalue weighted by Gasteiger charge is -2.64. The van der Waals surface area contributed by atoms with Crippen molar-refractivity contribution in [1.29, 1.82) is 0 Å². The van der Waals surface area contributed by atoms with Crippen molar-refractivity contribution in [2.45, 2.75) is 54.6 Å². The summed E-state index contributed by atoms with van der Waals surface area (Å²) >= 11 is 6.17. The average Bonchev–Trinajstić information content (AvgIpc) is 2.82. The Hall–Kier alpha value is -2.18. The monoisotopic (exact) mass is 547 g/mol. The summed E-state index contributed by atoms with van der Waals surface area (Å²) in [5.74, 6) is -6.82. The minimum atomic E-state index is -4.10. The van der Waals surface area contributed by atoms with Crippen molar-refractivity contribution in [3.63, 3.8) is 0 Å². The van der Waals surface area contributed by atoms with Gasteiger partial charge in [0.05, 0.1) is 26.9 Å². The van der Waals surface area contributed by atoms with E-state index in [2.05, 4.69) is 5.32 Å². The number of benzene rings is 2. The van der Waals surface area contributed by atoms with E-state index < -0.39 is 68.1 Å². The topological polar surface area (TPSA) is 124 Å². The Kier molecular flexibility index (Phi) is 6.93. The highest BCUT2D eigenvalue weighted by molar-refractivity contribution is 7.92. The van der Waals surface area contributed by atoms with Crippen LogP contribution in [0.15, 0.2) is 35.2 Å². The lowest BCUT2D eigenvalue weighted by Crippen LogP contribution is -2.73. The SMILES string of the molecule is CC1C2CC(S(=O)(=O)c3cc(C(=O)Nc4cc(F)c(F)c(F)c4)ccc3Cl)CC1C2(O)[C@@H](O)[C@@H](C)O. The van der Waals surface area contributed by atoms with Gasteiger partial charge in [-0.15, -0.1) is 0 Å². The number of hydrogen-bond acceptors (Lipinski definition) is 6. The van der Waals surface area contributed by atoms with Gasteiger partial charge < -0.3 is 20.6 Å². The van der Waals surface area contributed by atoms with Crippen molar-refractivity contribution in [3.05, 3.63) is 58.4 Å². The molecule has 3 fully saturated rings. The average molecular weight is 548 g/mol. The zero-order chi connectivity index (χ0) is 26.7. The van der Waals surface area contributed by atoms with Crippen LogP contribution in [0, 0.1) is 35.2 Å². The zero-order valence-corrected chi connectivity index (χ0v) is 20.8. The summed E-state index contributed by atoms with van der Waals surface area (Å²) in [5.41, 5.74) is -2.14. The number of aliphatic hydroxyl groups excluding tert-OH is 2. The summed E-state index contributed by atoms with van der Waals surface area (Å²) in [7, 11) is -4.10. The molecule has 2 bridgehead atoms. The lowest BCUT2D eigenvalue weighted by atomic mass is 9.46. The van der Waals surface area contributed by atoms with Gasteiger partial charge in [-0.05, 0) is 55.7 Å². The van der Waals surface area contributed by atoms with E-state index >= 15 is 0 Å². The van der Waals surface area contributed by atoms with Crippen LogP contribution in [-0.2, 0) is 9.84 Å². The van der Waals surface area contributed by atoms with Crippen LogP contribution in [-0.4, -0.2) is 52.7 Å².